The Balaban J connectivity index is 1.84. The van der Waals surface area contributed by atoms with E-state index in [1.165, 1.54) is 16.1 Å². The Morgan fingerprint density at radius 2 is 1.82 bits per heavy atom. The van der Waals surface area contributed by atoms with Crippen LogP contribution in [0.3, 0.4) is 0 Å². The summed E-state index contributed by atoms with van der Waals surface area (Å²) in [5, 5.41) is 14.5. The third-order valence-corrected chi connectivity index (χ3v) is 4.82. The quantitative estimate of drug-likeness (QED) is 0.567. The Morgan fingerprint density at radius 3 is 2.46 bits per heavy atom. The van der Waals surface area contributed by atoms with Crippen molar-refractivity contribution in [3.63, 3.8) is 0 Å². The van der Waals surface area contributed by atoms with Crippen LogP contribution in [0.5, 0.6) is 0 Å². The van der Waals surface area contributed by atoms with Crippen molar-refractivity contribution in [1.29, 1.82) is 0 Å². The molecule has 0 saturated carbocycles. The smallest absolute Gasteiger partial charge is 0.341 e. The molecule has 28 heavy (non-hydrogen) atoms. The molecule has 0 radical (unpaired) electrons. The molecule has 0 atom stereocenters. The van der Waals surface area contributed by atoms with Crippen LogP contribution in [0.15, 0.2) is 52.8 Å². The summed E-state index contributed by atoms with van der Waals surface area (Å²) in [6, 6.07) is 8.84. The summed E-state index contributed by atoms with van der Waals surface area (Å²) in [5.41, 5.74) is 0.307. The summed E-state index contributed by atoms with van der Waals surface area (Å²) in [5.74, 6) is -3.28. The van der Waals surface area contributed by atoms with Crippen molar-refractivity contribution in [1.82, 2.24) is 14.2 Å². The molecule has 0 unspecified atom stereocenters. The van der Waals surface area contributed by atoms with Gasteiger partial charge in [-0.1, -0.05) is 28.8 Å². The normalized spacial score (nSPS) is 11.1. The van der Waals surface area contributed by atoms with E-state index in [1.54, 1.807) is 29.6 Å². The molecule has 0 saturated heterocycles. The first-order valence-electron chi connectivity index (χ1n) is 8.06. The predicted molar refractivity (Wildman–Crippen MR) is 99.5 cm³/mol. The second-order valence-electron chi connectivity index (χ2n) is 6.04. The van der Waals surface area contributed by atoms with Crippen LogP contribution in [0.4, 0.5) is 8.78 Å². The Kier molecular flexibility index (Phi) is 4.44. The zero-order valence-electron chi connectivity index (χ0n) is 14.1. The molecule has 0 aliphatic carbocycles. The Bertz CT molecular complexity index is 1250. The van der Waals surface area contributed by atoms with Gasteiger partial charge in [0.15, 0.2) is 0 Å². The fourth-order valence-corrected chi connectivity index (χ4v) is 3.46. The minimum atomic E-state index is -1.50. The van der Waals surface area contributed by atoms with Gasteiger partial charge in [0.05, 0.1) is 10.9 Å². The minimum Gasteiger partial charge on any atom is -0.477 e. The van der Waals surface area contributed by atoms with E-state index in [1.807, 2.05) is 0 Å². The van der Waals surface area contributed by atoms with Gasteiger partial charge < -0.3 is 9.67 Å². The molecule has 0 spiro atoms. The zero-order valence-corrected chi connectivity index (χ0v) is 14.9. The van der Waals surface area contributed by atoms with Gasteiger partial charge >= 0.3 is 5.97 Å². The lowest BCUT2D eigenvalue weighted by Gasteiger charge is -2.14. The van der Waals surface area contributed by atoms with Gasteiger partial charge in [-0.25, -0.2) is 13.6 Å². The van der Waals surface area contributed by atoms with E-state index in [0.29, 0.717) is 11.3 Å². The van der Waals surface area contributed by atoms with Crippen molar-refractivity contribution >= 4 is 28.4 Å². The van der Waals surface area contributed by atoms with Crippen LogP contribution in [0.25, 0.3) is 22.2 Å². The standard InChI is InChI=1S/C19H11F2N3O3S/c20-13-5-6-14(21)17-16(13)18(25)12(19(26)27)8-24(17)7-10-1-3-11(4-2-10)15-9-28-23-22-15/h1-6,8-9H,7H2,(H,26,27). The third kappa shape index (κ3) is 3.05. The number of hydrogen-bond donors (Lipinski definition) is 1. The lowest BCUT2D eigenvalue weighted by molar-refractivity contribution is 0.0695. The van der Waals surface area contributed by atoms with Gasteiger partial charge in [-0.05, 0) is 29.2 Å². The van der Waals surface area contributed by atoms with E-state index in [-0.39, 0.29) is 12.1 Å². The maximum absolute atomic E-state index is 14.4. The lowest BCUT2D eigenvalue weighted by atomic mass is 10.1. The maximum Gasteiger partial charge on any atom is 0.341 e. The summed E-state index contributed by atoms with van der Waals surface area (Å²) in [4.78, 5) is 23.7. The van der Waals surface area contributed by atoms with Gasteiger partial charge in [-0.2, -0.15) is 0 Å². The molecule has 9 heteroatoms. The number of nitrogens with zero attached hydrogens (tertiary/aromatic N) is 3. The summed E-state index contributed by atoms with van der Waals surface area (Å²) in [6.45, 7) is 0.0486. The average Bonchev–Trinajstić information content (AvgIpc) is 3.21. The Hall–Kier alpha value is -3.46. The fourth-order valence-electron chi connectivity index (χ4n) is 3.00. The van der Waals surface area contributed by atoms with Gasteiger partial charge in [-0.3, -0.25) is 4.79 Å². The van der Waals surface area contributed by atoms with E-state index in [0.717, 1.165) is 23.9 Å². The molecule has 0 amide bonds. The number of halogens is 2. The summed E-state index contributed by atoms with van der Waals surface area (Å²) >= 11 is 1.22. The van der Waals surface area contributed by atoms with Crippen LogP contribution in [-0.2, 0) is 6.54 Å². The Labute approximate surface area is 160 Å². The molecule has 6 nitrogen and oxygen atoms in total. The molecular formula is C19H11F2N3O3S. The number of fused-ring (bicyclic) bond motifs is 1. The molecule has 2 heterocycles. The number of benzene rings is 2. The van der Waals surface area contributed by atoms with E-state index in [4.69, 9.17) is 0 Å². The van der Waals surface area contributed by atoms with Gasteiger partial charge in [0.2, 0.25) is 5.43 Å². The summed E-state index contributed by atoms with van der Waals surface area (Å²) in [6.07, 6.45) is 1.04. The van der Waals surface area contributed by atoms with E-state index < -0.39 is 34.0 Å². The molecule has 1 N–H and O–H groups in total. The minimum absolute atomic E-state index is 0.0486. The van der Waals surface area contributed by atoms with Crippen LogP contribution < -0.4 is 5.43 Å². The van der Waals surface area contributed by atoms with Gasteiger partial charge in [0.25, 0.3) is 0 Å². The molecule has 2 aromatic carbocycles. The second-order valence-corrected chi connectivity index (χ2v) is 6.65. The van der Waals surface area contributed by atoms with Crippen LogP contribution in [0.1, 0.15) is 15.9 Å². The maximum atomic E-state index is 14.4. The van der Waals surface area contributed by atoms with Crippen LogP contribution in [0, 0.1) is 11.6 Å². The number of hydrogen-bond acceptors (Lipinski definition) is 5. The SMILES string of the molecule is O=C(O)c1cn(Cc2ccc(-c3csnn3)cc2)c2c(F)ccc(F)c2c1=O. The number of rotatable bonds is 4. The van der Waals surface area contributed by atoms with E-state index >= 15 is 0 Å². The molecule has 0 bridgehead atoms. The van der Waals surface area contributed by atoms with Crippen LogP contribution >= 0.6 is 11.5 Å². The topological polar surface area (TPSA) is 85.1 Å². The fraction of sp³-hybridized carbons (Fsp3) is 0.0526. The van der Waals surface area contributed by atoms with Crippen LogP contribution in [-0.4, -0.2) is 25.2 Å². The summed E-state index contributed by atoms with van der Waals surface area (Å²) in [7, 11) is 0. The molecule has 4 rings (SSSR count). The molecule has 0 fully saturated rings. The average molecular weight is 399 g/mol. The molecular weight excluding hydrogens is 388 g/mol. The van der Waals surface area contributed by atoms with Crippen molar-refractivity contribution in [3.05, 3.63) is 81.0 Å². The number of aromatic nitrogens is 3. The number of carboxylic acid groups (broad SMARTS) is 1. The molecule has 4 aromatic rings. The molecule has 2 aromatic heterocycles. The van der Waals surface area contributed by atoms with Gasteiger partial charge in [0, 0.05) is 23.7 Å². The Morgan fingerprint density at radius 1 is 1.11 bits per heavy atom. The molecule has 0 aliphatic rings. The first-order chi connectivity index (χ1) is 13.5. The number of pyridine rings is 1. The predicted octanol–water partition coefficient (Wildman–Crippen LogP) is 3.54. The number of carboxylic acids is 1. The zero-order chi connectivity index (χ0) is 19.8. The van der Waals surface area contributed by atoms with Gasteiger partial charge in [0.1, 0.15) is 22.9 Å². The highest BCUT2D eigenvalue weighted by Crippen LogP contribution is 2.22. The van der Waals surface area contributed by atoms with Crippen molar-refractivity contribution < 1.29 is 18.7 Å². The molecule has 140 valence electrons. The number of carbonyl (C=O) groups is 1. The highest BCUT2D eigenvalue weighted by molar-refractivity contribution is 7.03. The van der Waals surface area contributed by atoms with E-state index in [2.05, 4.69) is 9.59 Å². The molecule has 0 aliphatic heterocycles. The highest BCUT2D eigenvalue weighted by Gasteiger charge is 2.20. The van der Waals surface area contributed by atoms with Crippen molar-refractivity contribution in [2.75, 3.05) is 0 Å². The first kappa shape index (κ1) is 17.9. The van der Waals surface area contributed by atoms with Crippen LogP contribution in [0.2, 0.25) is 0 Å². The monoisotopic (exact) mass is 399 g/mol. The highest BCUT2D eigenvalue weighted by atomic mass is 32.1. The summed E-state index contributed by atoms with van der Waals surface area (Å²) < 4.78 is 33.7. The second kappa shape index (κ2) is 6.93. The van der Waals surface area contributed by atoms with Crippen molar-refractivity contribution in [2.24, 2.45) is 0 Å². The van der Waals surface area contributed by atoms with E-state index in [9.17, 15) is 23.5 Å². The van der Waals surface area contributed by atoms with Crippen molar-refractivity contribution in [3.8, 4) is 11.3 Å². The first-order valence-corrected chi connectivity index (χ1v) is 8.90. The largest absolute Gasteiger partial charge is 0.477 e. The number of aromatic carboxylic acids is 1. The lowest BCUT2D eigenvalue weighted by Crippen LogP contribution is -2.21. The van der Waals surface area contributed by atoms with Crippen molar-refractivity contribution in [2.45, 2.75) is 6.54 Å². The van der Waals surface area contributed by atoms with Gasteiger partial charge in [-0.15, -0.1) is 5.10 Å². The third-order valence-electron chi connectivity index (χ3n) is 4.31.